The Bertz CT molecular complexity index is 1050. The standard InChI is InChI=1S/C19H19F3N6OS/c1-10(19(20,21)22)28-17(25-9-26-28)18-27-16-13-3-2-11(12(7-23)8-24)6-14(13)29-5-4-15(16)30-18/h2-3,6-8,10,23,26H,4-5,9,24H2,1H3/b12-8+,23-7?. The molecule has 30 heavy (non-hydrogen) atoms. The van der Waals surface area contributed by atoms with E-state index in [9.17, 15) is 13.2 Å². The van der Waals surface area contributed by atoms with Gasteiger partial charge in [0.15, 0.2) is 10.8 Å². The number of ether oxygens (including phenoxy) is 1. The highest BCUT2D eigenvalue weighted by molar-refractivity contribution is 7.14. The SMILES string of the molecule is CC(N1NCN=C1c1nc2c(s1)CCOc1cc(/C(C=N)=C/N)ccc1-2)C(F)(F)F. The summed E-state index contributed by atoms with van der Waals surface area (Å²) in [5, 5.41) is 8.92. The molecule has 0 spiro atoms. The van der Waals surface area contributed by atoms with E-state index in [4.69, 9.17) is 15.9 Å². The number of alkyl halides is 3. The fraction of sp³-hybridized carbons (Fsp3) is 0.316. The third-order valence-corrected chi connectivity index (χ3v) is 6.05. The van der Waals surface area contributed by atoms with Gasteiger partial charge in [-0.2, -0.15) is 13.2 Å². The first kappa shape index (κ1) is 20.4. The topological polar surface area (TPSA) is 99.6 Å². The number of hydrazine groups is 1. The number of nitrogens with one attached hydrogen (secondary N) is 2. The molecule has 0 aliphatic carbocycles. The molecule has 158 valence electrons. The van der Waals surface area contributed by atoms with E-state index in [0.29, 0.717) is 35.1 Å². The van der Waals surface area contributed by atoms with Crippen LogP contribution < -0.4 is 15.9 Å². The third kappa shape index (κ3) is 3.54. The summed E-state index contributed by atoms with van der Waals surface area (Å²) < 4.78 is 45.5. The van der Waals surface area contributed by atoms with Crippen LogP contribution in [0.4, 0.5) is 13.2 Å². The van der Waals surface area contributed by atoms with Crippen LogP contribution in [0.5, 0.6) is 5.75 Å². The Balaban J connectivity index is 1.72. The first-order valence-corrected chi connectivity index (χ1v) is 9.99. The molecule has 4 rings (SSSR count). The van der Waals surface area contributed by atoms with Crippen molar-refractivity contribution in [1.82, 2.24) is 15.4 Å². The van der Waals surface area contributed by atoms with Crippen LogP contribution in [0.15, 0.2) is 29.4 Å². The number of rotatable bonds is 4. The van der Waals surface area contributed by atoms with E-state index < -0.39 is 12.2 Å². The molecule has 4 N–H and O–H groups in total. The molecule has 11 heteroatoms. The lowest BCUT2D eigenvalue weighted by atomic mass is 10.0. The van der Waals surface area contributed by atoms with Gasteiger partial charge in [0.05, 0.1) is 12.3 Å². The largest absolute Gasteiger partial charge is 0.492 e. The number of amidine groups is 1. The minimum Gasteiger partial charge on any atom is -0.492 e. The molecular formula is C19H19F3N6OS. The van der Waals surface area contributed by atoms with E-state index in [-0.39, 0.29) is 12.5 Å². The predicted octanol–water partition coefficient (Wildman–Crippen LogP) is 3.17. The number of allylic oxidation sites excluding steroid dienone is 1. The molecule has 0 saturated carbocycles. The number of hydrogen-bond acceptors (Lipinski definition) is 8. The lowest BCUT2D eigenvalue weighted by molar-refractivity contribution is -0.173. The van der Waals surface area contributed by atoms with Crippen LogP contribution in [-0.4, -0.2) is 47.5 Å². The molecule has 7 nitrogen and oxygen atoms in total. The van der Waals surface area contributed by atoms with Gasteiger partial charge in [0.25, 0.3) is 0 Å². The summed E-state index contributed by atoms with van der Waals surface area (Å²) in [5.41, 5.74) is 10.9. The highest BCUT2D eigenvalue weighted by atomic mass is 32.1. The molecule has 1 aromatic heterocycles. The van der Waals surface area contributed by atoms with Crippen molar-refractivity contribution in [3.63, 3.8) is 0 Å². The number of thiazole rings is 1. The monoisotopic (exact) mass is 436 g/mol. The maximum Gasteiger partial charge on any atom is 0.410 e. The molecule has 0 radical (unpaired) electrons. The van der Waals surface area contributed by atoms with E-state index in [0.717, 1.165) is 34.2 Å². The lowest BCUT2D eigenvalue weighted by Crippen LogP contribution is -2.51. The molecule has 2 aliphatic heterocycles. The zero-order chi connectivity index (χ0) is 21.5. The van der Waals surface area contributed by atoms with E-state index in [2.05, 4.69) is 15.4 Å². The Labute approximate surface area is 174 Å². The predicted molar refractivity (Wildman–Crippen MR) is 110 cm³/mol. The third-order valence-electron chi connectivity index (χ3n) is 4.94. The number of aromatic nitrogens is 1. The van der Waals surface area contributed by atoms with Gasteiger partial charge in [-0.25, -0.2) is 15.4 Å². The average molecular weight is 436 g/mol. The van der Waals surface area contributed by atoms with E-state index in [1.165, 1.54) is 17.5 Å². The molecule has 0 bridgehead atoms. The number of aliphatic imine (C=N–C) groups is 1. The van der Waals surface area contributed by atoms with Crippen molar-refractivity contribution in [2.75, 3.05) is 13.3 Å². The Kier molecular flexibility index (Phi) is 5.24. The molecule has 0 fully saturated rings. The normalized spacial score (nSPS) is 17.5. The molecule has 1 atom stereocenters. The van der Waals surface area contributed by atoms with E-state index in [1.807, 2.05) is 12.1 Å². The first-order chi connectivity index (χ1) is 14.3. The number of nitrogens with two attached hydrogens (primary N) is 1. The van der Waals surface area contributed by atoms with Crippen molar-refractivity contribution in [2.45, 2.75) is 25.6 Å². The Hall–Kier alpha value is -2.92. The van der Waals surface area contributed by atoms with Crippen LogP contribution >= 0.6 is 11.3 Å². The van der Waals surface area contributed by atoms with Crippen LogP contribution in [0.1, 0.15) is 22.4 Å². The summed E-state index contributed by atoms with van der Waals surface area (Å²) in [7, 11) is 0. The van der Waals surface area contributed by atoms with E-state index in [1.54, 1.807) is 6.07 Å². The lowest BCUT2D eigenvalue weighted by Gasteiger charge is -2.28. The van der Waals surface area contributed by atoms with Gasteiger partial charge in [-0.1, -0.05) is 6.07 Å². The Morgan fingerprint density at radius 2 is 2.23 bits per heavy atom. The average Bonchev–Trinajstić information content (AvgIpc) is 3.32. The highest BCUT2D eigenvalue weighted by Gasteiger charge is 2.43. The number of benzene rings is 1. The summed E-state index contributed by atoms with van der Waals surface area (Å²) in [4.78, 5) is 9.77. The van der Waals surface area contributed by atoms with Crippen LogP contribution in [0.25, 0.3) is 16.8 Å². The summed E-state index contributed by atoms with van der Waals surface area (Å²) >= 11 is 1.32. The molecule has 1 unspecified atom stereocenters. The Morgan fingerprint density at radius 1 is 1.43 bits per heavy atom. The second kappa shape index (κ2) is 7.73. The zero-order valence-corrected chi connectivity index (χ0v) is 16.8. The molecule has 3 heterocycles. The number of hydrogen-bond donors (Lipinski definition) is 3. The van der Waals surface area contributed by atoms with Gasteiger partial charge in [0.2, 0.25) is 0 Å². The van der Waals surface area contributed by atoms with Crippen LogP contribution in [0.2, 0.25) is 0 Å². The molecule has 2 aromatic rings. The minimum absolute atomic E-state index is 0.0703. The number of halogens is 3. The smallest absolute Gasteiger partial charge is 0.410 e. The second-order valence-electron chi connectivity index (χ2n) is 6.75. The molecule has 0 amide bonds. The van der Waals surface area contributed by atoms with Crippen LogP contribution in [-0.2, 0) is 6.42 Å². The summed E-state index contributed by atoms with van der Waals surface area (Å²) in [6.45, 7) is 1.56. The van der Waals surface area contributed by atoms with Crippen LogP contribution in [0, 0.1) is 5.41 Å². The molecule has 2 aliphatic rings. The van der Waals surface area contributed by atoms with Gasteiger partial charge in [0, 0.05) is 34.8 Å². The quantitative estimate of drug-likeness (QED) is 0.640. The van der Waals surface area contributed by atoms with Gasteiger partial charge >= 0.3 is 6.18 Å². The number of nitrogens with zero attached hydrogens (tertiary/aromatic N) is 3. The van der Waals surface area contributed by atoms with Gasteiger partial charge in [-0.05, 0) is 24.6 Å². The summed E-state index contributed by atoms with van der Waals surface area (Å²) in [5.74, 6) is 0.783. The summed E-state index contributed by atoms with van der Waals surface area (Å²) in [6.07, 6.45) is -1.31. The van der Waals surface area contributed by atoms with Crippen LogP contribution in [0.3, 0.4) is 0 Å². The molecule has 0 saturated heterocycles. The molecule has 1 aromatic carbocycles. The fourth-order valence-corrected chi connectivity index (χ4v) is 4.36. The van der Waals surface area contributed by atoms with Crippen molar-refractivity contribution in [3.8, 4) is 17.0 Å². The maximum absolute atomic E-state index is 13.2. The van der Waals surface area contributed by atoms with Crippen molar-refractivity contribution in [2.24, 2.45) is 10.7 Å². The molecular weight excluding hydrogens is 417 g/mol. The summed E-state index contributed by atoms with van der Waals surface area (Å²) in [6, 6.07) is 3.70. The maximum atomic E-state index is 13.2. The van der Waals surface area contributed by atoms with Gasteiger partial charge in [0.1, 0.15) is 18.5 Å². The Morgan fingerprint density at radius 3 is 2.93 bits per heavy atom. The van der Waals surface area contributed by atoms with Gasteiger partial charge < -0.3 is 15.9 Å². The zero-order valence-electron chi connectivity index (χ0n) is 16.0. The van der Waals surface area contributed by atoms with Gasteiger partial charge in [-0.15, -0.1) is 11.3 Å². The first-order valence-electron chi connectivity index (χ1n) is 9.17. The number of fused-ring (bicyclic) bond motifs is 3. The van der Waals surface area contributed by atoms with Crippen molar-refractivity contribution in [1.29, 1.82) is 5.41 Å². The highest BCUT2D eigenvalue weighted by Crippen LogP contribution is 2.39. The van der Waals surface area contributed by atoms with Gasteiger partial charge in [-0.3, -0.25) is 5.01 Å². The van der Waals surface area contributed by atoms with Crippen molar-refractivity contribution < 1.29 is 17.9 Å². The minimum atomic E-state index is -4.40. The second-order valence-corrected chi connectivity index (χ2v) is 7.84. The van der Waals surface area contributed by atoms with Crippen molar-refractivity contribution in [3.05, 3.63) is 39.8 Å². The van der Waals surface area contributed by atoms with E-state index >= 15 is 0 Å². The van der Waals surface area contributed by atoms with Crippen molar-refractivity contribution >= 4 is 29.0 Å². The fourth-order valence-electron chi connectivity index (χ4n) is 3.30.